The van der Waals surface area contributed by atoms with E-state index in [1.807, 2.05) is 31.2 Å². The van der Waals surface area contributed by atoms with E-state index in [0.717, 1.165) is 28.5 Å². The van der Waals surface area contributed by atoms with Crippen LogP contribution in [0.2, 0.25) is 0 Å². The lowest BCUT2D eigenvalue weighted by atomic mass is 10.2. The Labute approximate surface area is 144 Å². The third kappa shape index (κ3) is 3.19. The minimum atomic E-state index is -0.122. The molecular formula is C18H16N2O3S. The van der Waals surface area contributed by atoms with Gasteiger partial charge in [-0.1, -0.05) is 12.1 Å². The Morgan fingerprint density at radius 1 is 0.958 bits per heavy atom. The number of hydrogen-bond acceptors (Lipinski definition) is 6. The fraction of sp³-hybridized carbons (Fsp3) is 0.167. The maximum atomic E-state index is 12.6. The second kappa shape index (κ2) is 6.88. The van der Waals surface area contributed by atoms with Crippen molar-refractivity contribution >= 4 is 27.9 Å². The highest BCUT2D eigenvalue weighted by atomic mass is 32.2. The van der Waals surface area contributed by atoms with Crippen molar-refractivity contribution in [2.45, 2.75) is 11.9 Å². The predicted octanol–water partition coefficient (Wildman–Crippen LogP) is 3.89. The molecule has 0 atom stereocenters. The molecule has 0 N–H and O–H groups in total. The molecule has 5 nitrogen and oxygen atoms in total. The molecule has 1 heterocycles. The second-order valence-corrected chi connectivity index (χ2v) is 6.02. The Morgan fingerprint density at radius 3 is 2.29 bits per heavy atom. The van der Waals surface area contributed by atoms with Gasteiger partial charge in [-0.3, -0.25) is 4.79 Å². The Balaban J connectivity index is 1.91. The number of aryl methyl sites for hydroxylation is 1. The van der Waals surface area contributed by atoms with E-state index in [0.29, 0.717) is 22.1 Å². The number of rotatable bonds is 4. The van der Waals surface area contributed by atoms with Gasteiger partial charge in [0.05, 0.1) is 30.9 Å². The first-order chi connectivity index (χ1) is 11.6. The molecule has 2 aromatic carbocycles. The van der Waals surface area contributed by atoms with Gasteiger partial charge in [0, 0.05) is 5.56 Å². The Morgan fingerprint density at radius 2 is 1.62 bits per heavy atom. The highest BCUT2D eigenvalue weighted by Gasteiger charge is 2.15. The van der Waals surface area contributed by atoms with Crippen molar-refractivity contribution in [3.05, 3.63) is 53.7 Å². The lowest BCUT2D eigenvalue weighted by Crippen LogP contribution is -1.99. The van der Waals surface area contributed by atoms with Crippen LogP contribution in [0.3, 0.4) is 0 Å². The quantitative estimate of drug-likeness (QED) is 0.672. The fourth-order valence-corrected chi connectivity index (χ4v) is 3.04. The van der Waals surface area contributed by atoms with E-state index in [1.54, 1.807) is 25.3 Å². The van der Waals surface area contributed by atoms with Gasteiger partial charge in [-0.15, -0.1) is 0 Å². The van der Waals surface area contributed by atoms with Gasteiger partial charge in [-0.05, 0) is 49.0 Å². The molecule has 0 spiro atoms. The number of para-hydroxylation sites is 2. The first-order valence-electron chi connectivity index (χ1n) is 7.30. The summed E-state index contributed by atoms with van der Waals surface area (Å²) in [7, 11) is 3.10. The molecule has 0 amide bonds. The number of nitrogens with zero attached hydrogens (tertiary/aromatic N) is 2. The topological polar surface area (TPSA) is 61.3 Å². The van der Waals surface area contributed by atoms with Crippen molar-refractivity contribution in [1.82, 2.24) is 9.97 Å². The number of fused-ring (bicyclic) bond motifs is 1. The summed E-state index contributed by atoms with van der Waals surface area (Å²) in [4.78, 5) is 21.6. The molecule has 1 aromatic heterocycles. The molecule has 3 rings (SSSR count). The lowest BCUT2D eigenvalue weighted by molar-refractivity contribution is 0.108. The van der Waals surface area contributed by atoms with Gasteiger partial charge in [0.25, 0.3) is 0 Å². The normalized spacial score (nSPS) is 10.6. The van der Waals surface area contributed by atoms with Crippen LogP contribution in [-0.4, -0.2) is 29.3 Å². The Hall–Kier alpha value is -2.60. The molecule has 0 aliphatic heterocycles. The summed E-state index contributed by atoms with van der Waals surface area (Å²) in [5.41, 5.74) is 2.84. The van der Waals surface area contributed by atoms with Crippen LogP contribution in [0.4, 0.5) is 0 Å². The van der Waals surface area contributed by atoms with E-state index < -0.39 is 0 Å². The first kappa shape index (κ1) is 16.3. The zero-order valence-corrected chi connectivity index (χ0v) is 14.4. The third-order valence-corrected chi connectivity index (χ3v) is 4.51. The number of benzene rings is 2. The molecule has 0 aliphatic rings. The number of thioether (sulfide) groups is 1. The van der Waals surface area contributed by atoms with Crippen LogP contribution < -0.4 is 9.47 Å². The number of hydrogen-bond donors (Lipinski definition) is 0. The third-order valence-electron chi connectivity index (χ3n) is 3.51. The number of methoxy groups -OCH3 is 2. The average molecular weight is 340 g/mol. The zero-order chi connectivity index (χ0) is 17.1. The minimum Gasteiger partial charge on any atom is -0.493 e. The largest absolute Gasteiger partial charge is 0.493 e. The van der Waals surface area contributed by atoms with E-state index >= 15 is 0 Å². The van der Waals surface area contributed by atoms with Gasteiger partial charge in [0.1, 0.15) is 5.03 Å². The van der Waals surface area contributed by atoms with Crippen LogP contribution in [0, 0.1) is 6.92 Å². The first-order valence-corrected chi connectivity index (χ1v) is 8.11. The molecule has 122 valence electrons. The van der Waals surface area contributed by atoms with Gasteiger partial charge >= 0.3 is 0 Å². The molecule has 6 heteroatoms. The van der Waals surface area contributed by atoms with Crippen LogP contribution in [0.15, 0.2) is 47.5 Å². The summed E-state index contributed by atoms with van der Waals surface area (Å²) in [6, 6.07) is 12.7. The Bertz CT molecular complexity index is 912. The van der Waals surface area contributed by atoms with Crippen molar-refractivity contribution in [3.63, 3.8) is 0 Å². The van der Waals surface area contributed by atoms with Crippen LogP contribution in [0.5, 0.6) is 11.5 Å². The fourth-order valence-electron chi connectivity index (χ4n) is 2.28. The number of ether oxygens (including phenoxy) is 2. The highest BCUT2D eigenvalue weighted by molar-refractivity contribution is 8.14. The van der Waals surface area contributed by atoms with Gasteiger partial charge in [-0.25, -0.2) is 9.97 Å². The smallest absolute Gasteiger partial charge is 0.225 e. The van der Waals surface area contributed by atoms with E-state index in [-0.39, 0.29) is 5.12 Å². The van der Waals surface area contributed by atoms with Crippen molar-refractivity contribution in [1.29, 1.82) is 0 Å². The van der Waals surface area contributed by atoms with E-state index in [2.05, 4.69) is 9.97 Å². The maximum Gasteiger partial charge on any atom is 0.225 e. The van der Waals surface area contributed by atoms with Crippen molar-refractivity contribution in [2.24, 2.45) is 0 Å². The van der Waals surface area contributed by atoms with Crippen molar-refractivity contribution in [2.75, 3.05) is 14.2 Å². The maximum absolute atomic E-state index is 12.6. The molecule has 0 unspecified atom stereocenters. The van der Waals surface area contributed by atoms with Crippen LogP contribution >= 0.6 is 11.8 Å². The lowest BCUT2D eigenvalue weighted by Gasteiger charge is -2.09. The number of carbonyl (C=O) groups is 1. The molecule has 0 saturated carbocycles. The van der Waals surface area contributed by atoms with Crippen molar-refractivity contribution < 1.29 is 14.3 Å². The number of aromatic nitrogens is 2. The summed E-state index contributed by atoms with van der Waals surface area (Å²) >= 11 is 1.06. The summed E-state index contributed by atoms with van der Waals surface area (Å²) in [5.74, 6) is 1.10. The predicted molar refractivity (Wildman–Crippen MR) is 94.0 cm³/mol. The molecule has 3 aromatic rings. The second-order valence-electron chi connectivity index (χ2n) is 5.06. The van der Waals surface area contributed by atoms with Crippen LogP contribution in [0.25, 0.3) is 11.0 Å². The minimum absolute atomic E-state index is 0.122. The summed E-state index contributed by atoms with van der Waals surface area (Å²) in [5, 5.41) is 0.483. The van der Waals surface area contributed by atoms with Crippen LogP contribution in [0.1, 0.15) is 16.1 Å². The van der Waals surface area contributed by atoms with E-state index in [9.17, 15) is 4.79 Å². The van der Waals surface area contributed by atoms with Gasteiger partial charge in [-0.2, -0.15) is 0 Å². The number of carbonyl (C=O) groups excluding carboxylic acids is 1. The average Bonchev–Trinajstić information content (AvgIpc) is 2.61. The standard InChI is InChI=1S/C18H16N2O3S/c1-11-17(20-14-7-5-4-6-13(14)19-11)24-18(21)12-8-9-15(22-2)16(10-12)23-3/h4-10H,1-3H3. The van der Waals surface area contributed by atoms with E-state index in [1.165, 1.54) is 7.11 Å². The van der Waals surface area contributed by atoms with E-state index in [4.69, 9.17) is 9.47 Å². The Kier molecular flexibility index (Phi) is 4.66. The molecule has 24 heavy (non-hydrogen) atoms. The molecule has 0 aliphatic carbocycles. The molecule has 0 saturated heterocycles. The summed E-state index contributed by atoms with van der Waals surface area (Å²) in [6.07, 6.45) is 0. The van der Waals surface area contributed by atoms with Gasteiger partial charge < -0.3 is 9.47 Å². The molecule has 0 fully saturated rings. The molecule has 0 radical (unpaired) electrons. The van der Waals surface area contributed by atoms with Crippen molar-refractivity contribution in [3.8, 4) is 11.5 Å². The highest BCUT2D eigenvalue weighted by Crippen LogP contribution is 2.31. The molecule has 0 bridgehead atoms. The summed E-state index contributed by atoms with van der Waals surface area (Å²) in [6.45, 7) is 1.85. The van der Waals surface area contributed by atoms with Gasteiger partial charge in [0.15, 0.2) is 11.5 Å². The summed E-state index contributed by atoms with van der Waals surface area (Å²) < 4.78 is 10.4. The zero-order valence-electron chi connectivity index (χ0n) is 13.6. The van der Waals surface area contributed by atoms with Crippen LogP contribution in [-0.2, 0) is 0 Å². The molecular weight excluding hydrogens is 324 g/mol. The SMILES string of the molecule is COc1ccc(C(=O)Sc2nc3ccccc3nc2C)cc1OC. The van der Waals surface area contributed by atoms with Gasteiger partial charge in [0.2, 0.25) is 5.12 Å². The monoisotopic (exact) mass is 340 g/mol.